The zero-order valence-electron chi connectivity index (χ0n) is 13.1. The average Bonchev–Trinajstić information content (AvgIpc) is 2.34. The number of aliphatic hydroxyl groups is 1. The highest BCUT2D eigenvalue weighted by atomic mass is 35.5. The SMILES string of the molecule is CC(O)CC(C)(C)CNC(=O)CCc1ccccc1N.Cl. The Morgan fingerprint density at radius 3 is 2.57 bits per heavy atom. The summed E-state index contributed by atoms with van der Waals surface area (Å²) in [5.41, 5.74) is 7.48. The van der Waals surface area contributed by atoms with Crippen LogP contribution in [0.1, 0.15) is 39.2 Å². The van der Waals surface area contributed by atoms with Crippen LogP contribution < -0.4 is 11.1 Å². The molecule has 0 radical (unpaired) electrons. The van der Waals surface area contributed by atoms with E-state index in [9.17, 15) is 9.90 Å². The molecule has 0 aromatic heterocycles. The van der Waals surface area contributed by atoms with Crippen molar-refractivity contribution in [2.24, 2.45) is 5.41 Å². The molecule has 1 atom stereocenters. The van der Waals surface area contributed by atoms with Crippen LogP contribution in [0.4, 0.5) is 5.69 Å². The lowest BCUT2D eigenvalue weighted by Gasteiger charge is -2.26. The Hall–Kier alpha value is -1.26. The van der Waals surface area contributed by atoms with Crippen LogP contribution in [0.5, 0.6) is 0 Å². The molecule has 1 aromatic carbocycles. The second-order valence-electron chi connectivity index (χ2n) is 6.19. The van der Waals surface area contributed by atoms with Crippen molar-refractivity contribution in [3.05, 3.63) is 29.8 Å². The summed E-state index contributed by atoms with van der Waals surface area (Å²) < 4.78 is 0. The smallest absolute Gasteiger partial charge is 0.220 e. The second kappa shape index (κ2) is 8.90. The minimum absolute atomic E-state index is 0. The van der Waals surface area contributed by atoms with Crippen LogP contribution in [-0.4, -0.2) is 23.7 Å². The number of amides is 1. The van der Waals surface area contributed by atoms with Gasteiger partial charge in [-0.2, -0.15) is 0 Å². The van der Waals surface area contributed by atoms with Crippen molar-refractivity contribution in [2.75, 3.05) is 12.3 Å². The predicted molar refractivity (Wildman–Crippen MR) is 89.5 cm³/mol. The third kappa shape index (κ3) is 7.93. The molecule has 0 heterocycles. The number of aliphatic hydroxyl groups excluding tert-OH is 1. The van der Waals surface area contributed by atoms with Gasteiger partial charge in [0, 0.05) is 18.7 Å². The van der Waals surface area contributed by atoms with Crippen LogP contribution in [0, 0.1) is 5.41 Å². The molecular formula is C16H27ClN2O2. The third-order valence-electron chi connectivity index (χ3n) is 3.29. The van der Waals surface area contributed by atoms with E-state index < -0.39 is 0 Å². The van der Waals surface area contributed by atoms with Crippen LogP contribution in [0.15, 0.2) is 24.3 Å². The summed E-state index contributed by atoms with van der Waals surface area (Å²) >= 11 is 0. The molecule has 1 unspecified atom stereocenters. The molecule has 120 valence electrons. The summed E-state index contributed by atoms with van der Waals surface area (Å²) in [6.45, 7) is 6.41. The summed E-state index contributed by atoms with van der Waals surface area (Å²) in [5, 5.41) is 12.3. The number of nitrogen functional groups attached to an aromatic ring is 1. The molecule has 21 heavy (non-hydrogen) atoms. The summed E-state index contributed by atoms with van der Waals surface area (Å²) in [6.07, 6.45) is 1.39. The van der Waals surface area contributed by atoms with E-state index in [0.717, 1.165) is 11.3 Å². The number of anilines is 1. The number of para-hydroxylation sites is 1. The summed E-state index contributed by atoms with van der Waals surface area (Å²) in [6, 6.07) is 7.60. The fourth-order valence-electron chi connectivity index (χ4n) is 2.31. The van der Waals surface area contributed by atoms with Crippen LogP contribution in [0.2, 0.25) is 0 Å². The molecule has 1 amide bonds. The van der Waals surface area contributed by atoms with E-state index in [1.54, 1.807) is 6.92 Å². The summed E-state index contributed by atoms with van der Waals surface area (Å²) in [4.78, 5) is 11.8. The van der Waals surface area contributed by atoms with E-state index >= 15 is 0 Å². The van der Waals surface area contributed by atoms with Gasteiger partial charge in [-0.3, -0.25) is 4.79 Å². The molecule has 0 saturated carbocycles. The third-order valence-corrected chi connectivity index (χ3v) is 3.29. The number of hydrogen-bond donors (Lipinski definition) is 3. The Kier molecular flexibility index (Phi) is 8.37. The predicted octanol–water partition coefficient (Wildman–Crippen LogP) is 2.54. The number of hydrogen-bond acceptors (Lipinski definition) is 3. The fourth-order valence-corrected chi connectivity index (χ4v) is 2.31. The molecule has 0 bridgehead atoms. The maximum atomic E-state index is 11.8. The number of carbonyl (C=O) groups excluding carboxylic acids is 1. The van der Waals surface area contributed by atoms with Crippen LogP contribution in [0.3, 0.4) is 0 Å². The van der Waals surface area contributed by atoms with E-state index in [1.165, 1.54) is 0 Å². The minimum Gasteiger partial charge on any atom is -0.399 e. The maximum Gasteiger partial charge on any atom is 0.220 e. The normalized spacial score (nSPS) is 12.4. The number of carbonyl (C=O) groups is 1. The van der Waals surface area contributed by atoms with Crippen molar-refractivity contribution in [3.63, 3.8) is 0 Å². The lowest BCUT2D eigenvalue weighted by atomic mass is 9.87. The van der Waals surface area contributed by atoms with Crippen LogP contribution in [0.25, 0.3) is 0 Å². The highest BCUT2D eigenvalue weighted by molar-refractivity contribution is 5.85. The lowest BCUT2D eigenvalue weighted by Crippen LogP contribution is -2.35. The van der Waals surface area contributed by atoms with E-state index in [1.807, 2.05) is 38.1 Å². The van der Waals surface area contributed by atoms with Crippen molar-refractivity contribution in [2.45, 2.75) is 46.1 Å². The first-order chi connectivity index (χ1) is 9.30. The van der Waals surface area contributed by atoms with Gasteiger partial charge in [0.05, 0.1) is 6.10 Å². The van der Waals surface area contributed by atoms with Gasteiger partial charge in [-0.05, 0) is 36.8 Å². The standard InChI is InChI=1S/C16H26N2O2.ClH/c1-12(19)10-16(2,3)11-18-15(20)9-8-13-6-4-5-7-14(13)17;/h4-7,12,19H,8-11,17H2,1-3H3,(H,18,20);1H. The second-order valence-corrected chi connectivity index (χ2v) is 6.19. The number of nitrogens with one attached hydrogen (secondary N) is 1. The fraction of sp³-hybridized carbons (Fsp3) is 0.562. The Balaban J connectivity index is 0.00000400. The van der Waals surface area contributed by atoms with Gasteiger partial charge in [-0.1, -0.05) is 32.0 Å². The largest absolute Gasteiger partial charge is 0.399 e. The van der Waals surface area contributed by atoms with Crippen molar-refractivity contribution < 1.29 is 9.90 Å². The van der Waals surface area contributed by atoms with Crippen LogP contribution in [-0.2, 0) is 11.2 Å². The van der Waals surface area contributed by atoms with Gasteiger partial charge < -0.3 is 16.2 Å². The first kappa shape index (κ1) is 19.7. The zero-order chi connectivity index (χ0) is 15.2. The molecular weight excluding hydrogens is 288 g/mol. The average molecular weight is 315 g/mol. The van der Waals surface area contributed by atoms with E-state index in [-0.39, 0.29) is 29.8 Å². The van der Waals surface area contributed by atoms with Gasteiger partial charge in [0.2, 0.25) is 5.91 Å². The van der Waals surface area contributed by atoms with Crippen molar-refractivity contribution in [1.29, 1.82) is 0 Å². The highest BCUT2D eigenvalue weighted by Crippen LogP contribution is 2.21. The van der Waals surface area contributed by atoms with Crippen molar-refractivity contribution in [3.8, 4) is 0 Å². The number of nitrogens with two attached hydrogens (primary N) is 1. The minimum atomic E-state index is -0.356. The highest BCUT2D eigenvalue weighted by Gasteiger charge is 2.20. The molecule has 4 N–H and O–H groups in total. The van der Waals surface area contributed by atoms with Gasteiger partial charge >= 0.3 is 0 Å². The number of benzene rings is 1. The lowest BCUT2D eigenvalue weighted by molar-refractivity contribution is -0.121. The Morgan fingerprint density at radius 1 is 1.38 bits per heavy atom. The van der Waals surface area contributed by atoms with Gasteiger partial charge in [-0.15, -0.1) is 12.4 Å². The zero-order valence-corrected chi connectivity index (χ0v) is 13.9. The first-order valence-corrected chi connectivity index (χ1v) is 7.08. The van der Waals surface area contributed by atoms with E-state index in [0.29, 0.717) is 25.8 Å². The summed E-state index contributed by atoms with van der Waals surface area (Å²) in [7, 11) is 0. The molecule has 0 aliphatic heterocycles. The van der Waals surface area contributed by atoms with Gasteiger partial charge in [0.15, 0.2) is 0 Å². The number of rotatable bonds is 7. The van der Waals surface area contributed by atoms with Gasteiger partial charge in [0.25, 0.3) is 0 Å². The first-order valence-electron chi connectivity index (χ1n) is 7.08. The Morgan fingerprint density at radius 2 is 2.00 bits per heavy atom. The van der Waals surface area contributed by atoms with Gasteiger partial charge in [-0.25, -0.2) is 0 Å². The molecule has 0 aliphatic rings. The maximum absolute atomic E-state index is 11.8. The molecule has 1 aromatic rings. The molecule has 0 aliphatic carbocycles. The van der Waals surface area contributed by atoms with Crippen molar-refractivity contribution in [1.82, 2.24) is 5.32 Å². The Labute approximate surface area is 133 Å². The molecule has 5 heteroatoms. The van der Waals surface area contributed by atoms with Crippen LogP contribution >= 0.6 is 12.4 Å². The molecule has 0 fully saturated rings. The topological polar surface area (TPSA) is 75.3 Å². The van der Waals surface area contributed by atoms with Crippen molar-refractivity contribution >= 4 is 24.0 Å². The van der Waals surface area contributed by atoms with E-state index in [4.69, 9.17) is 5.73 Å². The monoisotopic (exact) mass is 314 g/mol. The quantitative estimate of drug-likeness (QED) is 0.677. The Bertz CT molecular complexity index is 448. The van der Waals surface area contributed by atoms with E-state index in [2.05, 4.69) is 5.32 Å². The number of aryl methyl sites for hydroxylation is 1. The molecule has 0 spiro atoms. The molecule has 1 rings (SSSR count). The number of halogens is 1. The van der Waals surface area contributed by atoms with Gasteiger partial charge in [0.1, 0.15) is 0 Å². The molecule has 0 saturated heterocycles. The molecule has 4 nitrogen and oxygen atoms in total. The summed E-state index contributed by atoms with van der Waals surface area (Å²) in [5.74, 6) is 0.0203.